The van der Waals surface area contributed by atoms with Gasteiger partial charge in [0.1, 0.15) is 6.07 Å². The number of carboxylic acids is 1. The Bertz CT molecular complexity index is 578. The van der Waals surface area contributed by atoms with Gasteiger partial charge in [-0.2, -0.15) is 5.26 Å². The summed E-state index contributed by atoms with van der Waals surface area (Å²) < 4.78 is 4.43. The summed E-state index contributed by atoms with van der Waals surface area (Å²) in [5, 5.41) is 35.5. The summed E-state index contributed by atoms with van der Waals surface area (Å²) in [6.45, 7) is 0. The van der Waals surface area contributed by atoms with Gasteiger partial charge in [0.25, 0.3) is 0 Å². The maximum atomic E-state index is 11.9. The molecule has 21 heavy (non-hydrogen) atoms. The number of carbonyl (C=O) groups is 3. The van der Waals surface area contributed by atoms with Gasteiger partial charge in [-0.05, 0) is 0 Å². The average Bonchev–Trinajstić information content (AvgIpc) is 2.50. The number of hydrogen-bond donors (Lipinski definition) is 3. The largest absolute Gasteiger partial charge is 0.479 e. The van der Waals surface area contributed by atoms with E-state index in [1.807, 2.05) is 0 Å². The number of aliphatic carboxylic acids is 1. The van der Waals surface area contributed by atoms with Crippen molar-refractivity contribution < 1.29 is 34.4 Å². The molecule has 0 aliphatic rings. The lowest BCUT2D eigenvalue weighted by Crippen LogP contribution is -2.42. The van der Waals surface area contributed by atoms with Crippen molar-refractivity contribution in [2.75, 3.05) is 0 Å². The number of hydrogen-bond acceptors (Lipinski definition) is 7. The predicted molar refractivity (Wildman–Crippen MR) is 65.9 cm³/mol. The van der Waals surface area contributed by atoms with Gasteiger partial charge in [0.05, 0.1) is 0 Å². The van der Waals surface area contributed by atoms with Gasteiger partial charge in [-0.25, -0.2) is 9.59 Å². The number of carboxylic acid groups (broad SMARTS) is 1. The maximum absolute atomic E-state index is 11.9. The van der Waals surface area contributed by atoms with Crippen LogP contribution in [-0.2, 0) is 14.3 Å². The van der Waals surface area contributed by atoms with Crippen molar-refractivity contribution in [2.45, 2.75) is 18.3 Å². The molecule has 0 bridgehead atoms. The van der Waals surface area contributed by atoms with E-state index in [9.17, 15) is 19.5 Å². The van der Waals surface area contributed by atoms with Gasteiger partial charge in [0.15, 0.2) is 12.2 Å². The lowest BCUT2D eigenvalue weighted by Gasteiger charge is -2.15. The summed E-state index contributed by atoms with van der Waals surface area (Å²) in [7, 11) is 0. The second-order valence-electron chi connectivity index (χ2n) is 3.90. The van der Waals surface area contributed by atoms with E-state index < -0.39 is 36.0 Å². The van der Waals surface area contributed by atoms with E-state index in [1.54, 1.807) is 6.07 Å². The first kappa shape index (κ1) is 16.3. The normalized spacial score (nSPS) is 14.3. The number of aliphatic hydroxyl groups is 2. The number of esters is 1. The Morgan fingerprint density at radius 2 is 1.67 bits per heavy atom. The quantitative estimate of drug-likeness (QED) is 0.452. The lowest BCUT2D eigenvalue weighted by atomic mass is 10.1. The molecule has 110 valence electrons. The molecule has 0 amide bonds. The van der Waals surface area contributed by atoms with Crippen LogP contribution in [0.25, 0.3) is 0 Å². The van der Waals surface area contributed by atoms with Crippen molar-refractivity contribution in [3.05, 3.63) is 35.9 Å². The highest BCUT2D eigenvalue weighted by molar-refractivity contribution is 6.02. The zero-order valence-electron chi connectivity index (χ0n) is 10.5. The first-order valence-electron chi connectivity index (χ1n) is 5.66. The minimum Gasteiger partial charge on any atom is -0.479 e. The van der Waals surface area contributed by atoms with E-state index in [1.165, 1.54) is 30.3 Å². The Hall–Kier alpha value is -2.76. The van der Waals surface area contributed by atoms with Crippen LogP contribution in [0.15, 0.2) is 30.3 Å². The molecule has 0 saturated carbocycles. The number of aliphatic hydroxyl groups excluding tert-OH is 2. The molecule has 0 heterocycles. The van der Waals surface area contributed by atoms with E-state index in [-0.39, 0.29) is 5.56 Å². The Morgan fingerprint density at radius 1 is 1.10 bits per heavy atom. The molecule has 0 aromatic heterocycles. The number of carbonyl (C=O) groups excluding carboxylic acids is 2. The molecule has 1 aromatic carbocycles. The van der Waals surface area contributed by atoms with Crippen molar-refractivity contribution in [1.82, 2.24) is 0 Å². The molecule has 0 aliphatic carbocycles. The monoisotopic (exact) mass is 293 g/mol. The van der Waals surface area contributed by atoms with Crippen molar-refractivity contribution in [2.24, 2.45) is 0 Å². The zero-order valence-corrected chi connectivity index (χ0v) is 10.5. The highest BCUT2D eigenvalue weighted by Crippen LogP contribution is 2.08. The first-order valence-corrected chi connectivity index (χ1v) is 5.66. The topological polar surface area (TPSA) is 145 Å². The summed E-state index contributed by atoms with van der Waals surface area (Å²) in [4.78, 5) is 33.7. The van der Waals surface area contributed by atoms with E-state index >= 15 is 0 Å². The molecule has 3 N–H and O–H groups in total. The van der Waals surface area contributed by atoms with Gasteiger partial charge < -0.3 is 20.1 Å². The molecule has 0 aliphatic heterocycles. The minimum absolute atomic E-state index is 0.102. The number of rotatable bonds is 6. The Kier molecular flexibility index (Phi) is 5.54. The SMILES string of the molecule is N#CC(OC(=O)C(O)C(O)C(=O)O)C(=O)c1ccccc1. The molecule has 0 spiro atoms. The van der Waals surface area contributed by atoms with Crippen LogP contribution >= 0.6 is 0 Å². The van der Waals surface area contributed by atoms with Crippen molar-refractivity contribution in [3.63, 3.8) is 0 Å². The summed E-state index contributed by atoms with van der Waals surface area (Å²) in [5.74, 6) is -4.26. The molecule has 8 heteroatoms. The molecule has 0 fully saturated rings. The highest BCUT2D eigenvalue weighted by atomic mass is 16.6. The number of benzene rings is 1. The second kappa shape index (κ2) is 7.14. The zero-order chi connectivity index (χ0) is 16.0. The third-order valence-electron chi connectivity index (χ3n) is 2.44. The van der Waals surface area contributed by atoms with Gasteiger partial charge in [0, 0.05) is 5.56 Å². The van der Waals surface area contributed by atoms with Crippen molar-refractivity contribution in [1.29, 1.82) is 5.26 Å². The molecule has 0 saturated heterocycles. The second-order valence-corrected chi connectivity index (χ2v) is 3.90. The molecule has 3 atom stereocenters. The third-order valence-corrected chi connectivity index (χ3v) is 2.44. The molecule has 0 radical (unpaired) electrons. The summed E-state index contributed by atoms with van der Waals surface area (Å²) in [5.41, 5.74) is 0.102. The average molecular weight is 293 g/mol. The molecular formula is C13H11NO7. The summed E-state index contributed by atoms with van der Waals surface area (Å²) in [6.07, 6.45) is -6.67. The van der Waals surface area contributed by atoms with Crippen molar-refractivity contribution in [3.8, 4) is 6.07 Å². The van der Waals surface area contributed by atoms with Crippen molar-refractivity contribution >= 4 is 17.7 Å². The molecule has 1 rings (SSSR count). The highest BCUT2D eigenvalue weighted by Gasteiger charge is 2.34. The molecular weight excluding hydrogens is 282 g/mol. The smallest absolute Gasteiger partial charge is 0.340 e. The van der Waals surface area contributed by atoms with E-state index in [2.05, 4.69) is 4.74 Å². The summed E-state index contributed by atoms with van der Waals surface area (Å²) in [6, 6.07) is 8.91. The van der Waals surface area contributed by atoms with Gasteiger partial charge >= 0.3 is 11.9 Å². The number of Topliss-reactive ketones (excluding diaryl/α,β-unsaturated/α-hetero) is 1. The van der Waals surface area contributed by atoms with Crippen LogP contribution in [-0.4, -0.2) is 51.4 Å². The molecule has 1 aromatic rings. The van der Waals surface area contributed by atoms with Gasteiger partial charge in [0.2, 0.25) is 11.9 Å². The molecule has 8 nitrogen and oxygen atoms in total. The predicted octanol–water partition coefficient (Wildman–Crippen LogP) is -0.889. The van der Waals surface area contributed by atoms with Crippen LogP contribution in [0.4, 0.5) is 0 Å². The number of ketones is 1. The minimum atomic E-state index is -2.41. The Balaban J connectivity index is 2.80. The van der Waals surface area contributed by atoms with Crippen LogP contribution in [0, 0.1) is 11.3 Å². The van der Waals surface area contributed by atoms with Crippen LogP contribution in [0.1, 0.15) is 10.4 Å². The fourth-order valence-corrected chi connectivity index (χ4v) is 1.34. The maximum Gasteiger partial charge on any atom is 0.340 e. The van der Waals surface area contributed by atoms with Gasteiger partial charge in [-0.1, -0.05) is 30.3 Å². The first-order chi connectivity index (χ1) is 9.88. The van der Waals surface area contributed by atoms with E-state index in [0.29, 0.717) is 0 Å². The number of nitriles is 1. The van der Waals surface area contributed by atoms with Crippen LogP contribution in [0.5, 0.6) is 0 Å². The van der Waals surface area contributed by atoms with E-state index in [0.717, 1.165) is 0 Å². The lowest BCUT2D eigenvalue weighted by molar-refractivity contribution is -0.170. The summed E-state index contributed by atoms with van der Waals surface area (Å²) >= 11 is 0. The standard InChI is InChI=1S/C13H11NO7/c14-6-8(9(15)7-4-2-1-3-5-7)21-13(20)11(17)10(16)12(18)19/h1-5,8,10-11,16-17H,(H,18,19). The number of ether oxygens (including phenoxy) is 1. The fraction of sp³-hybridized carbons (Fsp3) is 0.231. The van der Waals surface area contributed by atoms with E-state index in [4.69, 9.17) is 15.5 Å². The van der Waals surface area contributed by atoms with Gasteiger partial charge in [-0.15, -0.1) is 0 Å². The third kappa shape index (κ3) is 4.10. The van der Waals surface area contributed by atoms with Crippen LogP contribution < -0.4 is 0 Å². The molecule has 3 unspecified atom stereocenters. The van der Waals surface area contributed by atoms with Crippen LogP contribution in [0.2, 0.25) is 0 Å². The number of nitrogens with zero attached hydrogens (tertiary/aromatic N) is 1. The van der Waals surface area contributed by atoms with Crippen LogP contribution in [0.3, 0.4) is 0 Å². The van der Waals surface area contributed by atoms with Gasteiger partial charge in [-0.3, -0.25) is 4.79 Å². The fourth-order valence-electron chi connectivity index (χ4n) is 1.34. The Morgan fingerprint density at radius 3 is 2.14 bits per heavy atom. The Labute approximate surface area is 118 Å².